The first-order valence-electron chi connectivity index (χ1n) is 7.67. The Bertz CT molecular complexity index is 824. The average molecular weight is 384 g/mol. The summed E-state index contributed by atoms with van der Waals surface area (Å²) in [5.41, 5.74) is -0.869. The largest absolute Gasteiger partial charge is 0.457 e. The van der Waals surface area contributed by atoms with Crippen molar-refractivity contribution in [3.05, 3.63) is 52.3 Å². The first-order valence-corrected chi connectivity index (χ1v) is 8.05. The van der Waals surface area contributed by atoms with Crippen LogP contribution in [-0.4, -0.2) is 23.8 Å². The van der Waals surface area contributed by atoms with Gasteiger partial charge in [0.2, 0.25) is 0 Å². The lowest BCUT2D eigenvalue weighted by Crippen LogP contribution is -2.28. The van der Waals surface area contributed by atoms with E-state index < -0.39 is 17.3 Å². The van der Waals surface area contributed by atoms with Gasteiger partial charge < -0.3 is 4.74 Å². The quantitative estimate of drug-likeness (QED) is 0.312. The third-order valence-corrected chi connectivity index (χ3v) is 4.44. The fraction of sp³-hybridized carbons (Fsp3) is 0.333. The van der Waals surface area contributed by atoms with Gasteiger partial charge >= 0.3 is 6.18 Å². The minimum atomic E-state index is -4.57. The topological polar surface area (TPSA) is 48.6 Å². The lowest BCUT2D eigenvalue weighted by atomic mass is 9.85. The summed E-state index contributed by atoms with van der Waals surface area (Å²) in [6, 6.07) is 3.40. The molecule has 4 nitrogen and oxygen atoms in total. The number of benzene rings is 1. The molecule has 0 saturated carbocycles. The third-order valence-electron chi connectivity index (χ3n) is 4.11. The number of allylic oxidation sites excluding steroid dienone is 1. The molecule has 1 aromatic carbocycles. The van der Waals surface area contributed by atoms with Crippen molar-refractivity contribution < 1.29 is 17.9 Å². The third kappa shape index (κ3) is 4.38. The van der Waals surface area contributed by atoms with Crippen LogP contribution in [0.2, 0.25) is 5.02 Å². The summed E-state index contributed by atoms with van der Waals surface area (Å²) >= 11 is 5.63. The summed E-state index contributed by atoms with van der Waals surface area (Å²) in [5, 5.41) is 8.42. The highest BCUT2D eigenvalue weighted by atomic mass is 35.5. The maximum absolute atomic E-state index is 13.0. The molecule has 8 heteroatoms. The lowest BCUT2D eigenvalue weighted by Gasteiger charge is -2.30. The molecule has 0 fully saturated rings. The second-order valence-electron chi connectivity index (χ2n) is 6.07. The van der Waals surface area contributed by atoms with Gasteiger partial charge in [0.05, 0.1) is 22.5 Å². The van der Waals surface area contributed by atoms with Crippen LogP contribution in [0.4, 0.5) is 13.2 Å². The van der Waals surface area contributed by atoms with Gasteiger partial charge in [-0.1, -0.05) is 17.7 Å². The van der Waals surface area contributed by atoms with E-state index in [2.05, 4.69) is 4.99 Å². The van der Waals surface area contributed by atoms with Crippen molar-refractivity contribution >= 4 is 17.9 Å². The Kier molecular flexibility index (Phi) is 5.67. The maximum Gasteiger partial charge on any atom is 0.417 e. The molecule has 138 valence electrons. The Hall–Kier alpha value is -2.46. The number of hydrogen-bond acceptors (Lipinski definition) is 3. The van der Waals surface area contributed by atoms with E-state index in [0.717, 1.165) is 17.7 Å². The monoisotopic (exact) mass is 383 g/mol. The predicted molar refractivity (Wildman–Crippen MR) is 93.8 cm³/mol. The molecule has 1 aromatic rings. The van der Waals surface area contributed by atoms with Gasteiger partial charge in [-0.05, 0) is 50.1 Å². The van der Waals surface area contributed by atoms with Gasteiger partial charge in [-0.25, -0.2) is 0 Å². The molecule has 0 heterocycles. The van der Waals surface area contributed by atoms with Gasteiger partial charge in [0, 0.05) is 7.05 Å². The summed E-state index contributed by atoms with van der Waals surface area (Å²) in [5.74, 6) is 0.439. The van der Waals surface area contributed by atoms with Crippen molar-refractivity contribution in [2.75, 3.05) is 7.05 Å². The first kappa shape index (κ1) is 19.9. The number of nitriles is 1. The van der Waals surface area contributed by atoms with Crippen LogP contribution in [-0.2, 0) is 6.18 Å². The molecule has 1 unspecified atom stereocenters. The molecular formula is C18H17ClF3N3O. The zero-order valence-corrected chi connectivity index (χ0v) is 15.2. The van der Waals surface area contributed by atoms with Gasteiger partial charge in [0.1, 0.15) is 11.5 Å². The predicted octanol–water partition coefficient (Wildman–Crippen LogP) is 5.17. The molecule has 0 aromatic heterocycles. The Morgan fingerprint density at radius 3 is 2.73 bits per heavy atom. The molecule has 1 atom stereocenters. The molecule has 0 radical (unpaired) electrons. The van der Waals surface area contributed by atoms with Crippen molar-refractivity contribution in [3.8, 4) is 11.9 Å². The molecule has 2 rings (SSSR count). The number of alkyl halides is 3. The minimum Gasteiger partial charge on any atom is -0.457 e. The zero-order chi connectivity index (χ0) is 19.5. The van der Waals surface area contributed by atoms with E-state index in [1.165, 1.54) is 17.3 Å². The van der Waals surface area contributed by atoms with E-state index in [1.807, 2.05) is 19.2 Å². The van der Waals surface area contributed by atoms with Crippen molar-refractivity contribution in [1.82, 2.24) is 4.90 Å². The molecule has 0 amide bonds. The van der Waals surface area contributed by atoms with Gasteiger partial charge in [-0.3, -0.25) is 9.89 Å². The van der Waals surface area contributed by atoms with E-state index >= 15 is 0 Å². The molecule has 0 saturated heterocycles. The van der Waals surface area contributed by atoms with E-state index in [1.54, 1.807) is 20.0 Å². The van der Waals surface area contributed by atoms with Crippen LogP contribution >= 0.6 is 11.6 Å². The lowest BCUT2D eigenvalue weighted by molar-refractivity contribution is -0.137. The highest BCUT2D eigenvalue weighted by molar-refractivity contribution is 6.31. The van der Waals surface area contributed by atoms with Crippen molar-refractivity contribution in [3.63, 3.8) is 0 Å². The smallest absolute Gasteiger partial charge is 0.417 e. The molecule has 1 aliphatic rings. The molecular weight excluding hydrogens is 367 g/mol. The summed E-state index contributed by atoms with van der Waals surface area (Å²) in [7, 11) is 1.56. The fourth-order valence-electron chi connectivity index (χ4n) is 2.35. The van der Waals surface area contributed by atoms with Crippen LogP contribution in [0, 0.1) is 11.5 Å². The molecule has 0 spiro atoms. The Morgan fingerprint density at radius 2 is 2.12 bits per heavy atom. The van der Waals surface area contributed by atoms with E-state index in [-0.39, 0.29) is 10.8 Å². The van der Waals surface area contributed by atoms with Crippen molar-refractivity contribution in [2.24, 2.45) is 4.99 Å². The standard InChI is InChI=1S/C18H17ClF3N3O/c1-12-16(5-4-8-17(12,2)24-11-25(3)10-23)26-13-6-7-15(19)14(9-13)18(20,21)22/h4-7,9,11H,8H2,1-3H3. The van der Waals surface area contributed by atoms with E-state index in [4.69, 9.17) is 21.6 Å². The van der Waals surface area contributed by atoms with Crippen LogP contribution in [0.5, 0.6) is 5.75 Å². The van der Waals surface area contributed by atoms with Crippen LogP contribution in [0.3, 0.4) is 0 Å². The van der Waals surface area contributed by atoms with Gasteiger partial charge in [0.25, 0.3) is 0 Å². The number of halogens is 4. The number of hydrogen-bond donors (Lipinski definition) is 0. The Morgan fingerprint density at radius 1 is 1.42 bits per heavy atom. The summed E-state index contributed by atoms with van der Waals surface area (Å²) < 4.78 is 44.7. The maximum atomic E-state index is 13.0. The average Bonchev–Trinajstić information content (AvgIpc) is 2.57. The summed E-state index contributed by atoms with van der Waals surface area (Å²) in [4.78, 5) is 5.67. The number of nitrogens with zero attached hydrogens (tertiary/aromatic N) is 3. The van der Waals surface area contributed by atoms with Gasteiger partial charge in [-0.2, -0.15) is 18.4 Å². The minimum absolute atomic E-state index is 0.0306. The number of aliphatic imine (C=N–C) groups is 1. The SMILES string of the molecule is CC1=C(Oc2ccc(Cl)c(C(F)(F)F)c2)C=CCC1(C)N=CN(C)C#N. The summed E-state index contributed by atoms with van der Waals surface area (Å²) in [6.07, 6.45) is 2.86. The van der Waals surface area contributed by atoms with Crippen molar-refractivity contribution in [2.45, 2.75) is 32.0 Å². The Labute approximate surface area is 154 Å². The molecule has 26 heavy (non-hydrogen) atoms. The molecule has 0 N–H and O–H groups in total. The Balaban J connectivity index is 2.34. The molecule has 0 aliphatic heterocycles. The fourth-order valence-corrected chi connectivity index (χ4v) is 2.58. The first-order chi connectivity index (χ1) is 12.1. The highest BCUT2D eigenvalue weighted by Gasteiger charge is 2.34. The number of rotatable bonds is 4. The molecule has 1 aliphatic carbocycles. The second-order valence-corrected chi connectivity index (χ2v) is 6.47. The molecule has 0 bridgehead atoms. The van der Waals surface area contributed by atoms with E-state index in [0.29, 0.717) is 12.2 Å². The zero-order valence-electron chi connectivity index (χ0n) is 14.4. The highest BCUT2D eigenvalue weighted by Crippen LogP contribution is 2.38. The normalized spacial score (nSPS) is 20.4. The van der Waals surface area contributed by atoms with Crippen molar-refractivity contribution in [1.29, 1.82) is 5.26 Å². The summed E-state index contributed by atoms with van der Waals surface area (Å²) in [6.45, 7) is 3.66. The van der Waals surface area contributed by atoms with E-state index in [9.17, 15) is 13.2 Å². The van der Waals surface area contributed by atoms with Crippen LogP contribution < -0.4 is 4.74 Å². The van der Waals surface area contributed by atoms with Crippen LogP contribution in [0.15, 0.2) is 46.7 Å². The number of ether oxygens (including phenoxy) is 1. The van der Waals surface area contributed by atoms with Gasteiger partial charge in [-0.15, -0.1) is 0 Å². The van der Waals surface area contributed by atoms with Gasteiger partial charge in [0.15, 0.2) is 6.19 Å². The second kappa shape index (κ2) is 7.42. The van der Waals surface area contributed by atoms with Crippen LogP contribution in [0.25, 0.3) is 0 Å². The van der Waals surface area contributed by atoms with Crippen LogP contribution in [0.1, 0.15) is 25.8 Å².